The predicted octanol–water partition coefficient (Wildman–Crippen LogP) is 2.38. The molecule has 0 spiro atoms. The van der Waals surface area contributed by atoms with Gasteiger partial charge in [-0.25, -0.2) is 18.7 Å². The molecule has 2 aromatic heterocycles. The molecule has 0 aliphatic heterocycles. The average molecular weight is 315 g/mol. The first kappa shape index (κ1) is 13.7. The minimum absolute atomic E-state index is 0.000421. The molecular weight excluding hydrogens is 304 g/mol. The SMILES string of the molecule is Fc1cc2c(cc1F)CC(Nc1ncc(-c3nnco3)cn1)C2. The highest BCUT2D eigenvalue weighted by molar-refractivity contribution is 5.50. The van der Waals surface area contributed by atoms with Gasteiger partial charge in [-0.05, 0) is 36.1 Å². The summed E-state index contributed by atoms with van der Waals surface area (Å²) in [4.78, 5) is 8.40. The standard InChI is InChI=1S/C15H11F2N5O/c16-12-3-8-1-11(2-9(8)4-13(12)17)21-15-18-5-10(6-19-15)14-22-20-7-23-14/h3-7,11H,1-2H2,(H,18,19,21). The van der Waals surface area contributed by atoms with E-state index in [1.807, 2.05) is 0 Å². The van der Waals surface area contributed by atoms with Gasteiger partial charge in [-0.1, -0.05) is 0 Å². The van der Waals surface area contributed by atoms with E-state index in [1.165, 1.54) is 18.5 Å². The highest BCUT2D eigenvalue weighted by Crippen LogP contribution is 2.26. The van der Waals surface area contributed by atoms with Crippen LogP contribution in [0.3, 0.4) is 0 Å². The fourth-order valence-electron chi connectivity index (χ4n) is 2.71. The fraction of sp³-hybridized carbons (Fsp3) is 0.200. The minimum Gasteiger partial charge on any atom is -0.423 e. The number of halogens is 2. The number of fused-ring (bicyclic) bond motifs is 1. The Morgan fingerprint density at radius 1 is 1.04 bits per heavy atom. The van der Waals surface area contributed by atoms with Crippen molar-refractivity contribution in [2.75, 3.05) is 5.32 Å². The third kappa shape index (κ3) is 2.63. The van der Waals surface area contributed by atoms with Crippen LogP contribution in [0.1, 0.15) is 11.1 Å². The molecule has 0 radical (unpaired) electrons. The topological polar surface area (TPSA) is 76.7 Å². The number of benzene rings is 1. The molecule has 0 fully saturated rings. The second kappa shape index (κ2) is 5.38. The largest absolute Gasteiger partial charge is 0.423 e. The van der Waals surface area contributed by atoms with E-state index in [4.69, 9.17) is 4.42 Å². The number of hydrogen-bond acceptors (Lipinski definition) is 6. The van der Waals surface area contributed by atoms with Gasteiger partial charge in [0.25, 0.3) is 5.89 Å². The summed E-state index contributed by atoms with van der Waals surface area (Å²) in [6.45, 7) is 0. The lowest BCUT2D eigenvalue weighted by molar-refractivity contribution is 0.507. The third-order valence-corrected chi connectivity index (χ3v) is 3.77. The maximum Gasteiger partial charge on any atom is 0.250 e. The van der Waals surface area contributed by atoms with Crippen LogP contribution in [0.15, 0.2) is 35.3 Å². The van der Waals surface area contributed by atoms with E-state index >= 15 is 0 Å². The average Bonchev–Trinajstić information content (AvgIpc) is 3.18. The van der Waals surface area contributed by atoms with Crippen LogP contribution in [0.5, 0.6) is 0 Å². The highest BCUT2D eigenvalue weighted by atomic mass is 19.2. The van der Waals surface area contributed by atoms with Crippen molar-refractivity contribution in [3.63, 3.8) is 0 Å². The smallest absolute Gasteiger partial charge is 0.250 e. The summed E-state index contributed by atoms with van der Waals surface area (Å²) in [5, 5.41) is 10.5. The van der Waals surface area contributed by atoms with Gasteiger partial charge in [-0.3, -0.25) is 0 Å². The first-order valence-electron chi connectivity index (χ1n) is 7.01. The van der Waals surface area contributed by atoms with Crippen LogP contribution in [-0.4, -0.2) is 26.2 Å². The number of nitrogens with one attached hydrogen (secondary N) is 1. The molecule has 0 amide bonds. The summed E-state index contributed by atoms with van der Waals surface area (Å²) >= 11 is 0. The van der Waals surface area contributed by atoms with Crippen molar-refractivity contribution in [2.45, 2.75) is 18.9 Å². The third-order valence-electron chi connectivity index (χ3n) is 3.77. The zero-order valence-electron chi connectivity index (χ0n) is 11.8. The molecule has 1 aliphatic rings. The lowest BCUT2D eigenvalue weighted by atomic mass is 10.1. The molecular formula is C15H11F2N5O. The minimum atomic E-state index is -0.815. The van der Waals surface area contributed by atoms with Gasteiger partial charge >= 0.3 is 0 Å². The van der Waals surface area contributed by atoms with Crippen LogP contribution in [-0.2, 0) is 12.8 Å². The van der Waals surface area contributed by atoms with E-state index in [-0.39, 0.29) is 6.04 Å². The molecule has 2 heterocycles. The number of nitrogens with zero attached hydrogens (tertiary/aromatic N) is 4. The Morgan fingerprint density at radius 3 is 2.26 bits per heavy atom. The lowest BCUT2D eigenvalue weighted by Gasteiger charge is -2.11. The molecule has 0 unspecified atom stereocenters. The Kier molecular flexibility index (Phi) is 3.22. The Morgan fingerprint density at radius 2 is 1.70 bits per heavy atom. The van der Waals surface area contributed by atoms with Gasteiger partial charge in [-0.15, -0.1) is 10.2 Å². The zero-order chi connectivity index (χ0) is 15.8. The number of hydrogen-bond donors (Lipinski definition) is 1. The van der Waals surface area contributed by atoms with Gasteiger partial charge < -0.3 is 9.73 Å². The van der Waals surface area contributed by atoms with Crippen LogP contribution in [0.2, 0.25) is 0 Å². The van der Waals surface area contributed by atoms with Gasteiger partial charge in [0.15, 0.2) is 11.6 Å². The van der Waals surface area contributed by atoms with Crippen molar-refractivity contribution in [1.29, 1.82) is 0 Å². The van der Waals surface area contributed by atoms with Crippen LogP contribution in [0, 0.1) is 11.6 Å². The summed E-state index contributed by atoms with van der Waals surface area (Å²) in [6.07, 6.45) is 5.58. The van der Waals surface area contributed by atoms with Crippen molar-refractivity contribution in [3.05, 3.63) is 53.7 Å². The van der Waals surface area contributed by atoms with E-state index in [1.54, 1.807) is 12.4 Å². The monoisotopic (exact) mass is 315 g/mol. The van der Waals surface area contributed by atoms with Gasteiger partial charge in [-0.2, -0.15) is 0 Å². The summed E-state index contributed by atoms with van der Waals surface area (Å²) in [5.41, 5.74) is 2.24. The second-order valence-electron chi connectivity index (χ2n) is 5.32. The summed E-state index contributed by atoms with van der Waals surface area (Å²) < 4.78 is 31.6. The van der Waals surface area contributed by atoms with Crippen molar-refractivity contribution in [3.8, 4) is 11.5 Å². The molecule has 1 aromatic carbocycles. The molecule has 6 nitrogen and oxygen atoms in total. The van der Waals surface area contributed by atoms with Gasteiger partial charge in [0.2, 0.25) is 12.3 Å². The Labute approximate surface area is 129 Å². The van der Waals surface area contributed by atoms with Crippen molar-refractivity contribution in [1.82, 2.24) is 20.2 Å². The molecule has 1 N–H and O–H groups in total. The van der Waals surface area contributed by atoms with Gasteiger partial charge in [0, 0.05) is 18.4 Å². The van der Waals surface area contributed by atoms with E-state index in [0.717, 1.165) is 11.1 Å². The van der Waals surface area contributed by atoms with Gasteiger partial charge in [0.05, 0.1) is 5.56 Å². The maximum absolute atomic E-state index is 13.3. The predicted molar refractivity (Wildman–Crippen MR) is 76.5 cm³/mol. The molecule has 116 valence electrons. The van der Waals surface area contributed by atoms with Crippen LogP contribution < -0.4 is 5.32 Å². The highest BCUT2D eigenvalue weighted by Gasteiger charge is 2.24. The Bertz CT molecular complexity index is 805. The maximum atomic E-state index is 13.3. The van der Waals surface area contributed by atoms with Crippen molar-refractivity contribution < 1.29 is 13.2 Å². The Balaban J connectivity index is 1.47. The molecule has 0 saturated heterocycles. The Hall–Kier alpha value is -2.90. The van der Waals surface area contributed by atoms with E-state index in [2.05, 4.69) is 25.5 Å². The van der Waals surface area contributed by atoms with E-state index in [9.17, 15) is 8.78 Å². The summed E-state index contributed by atoms with van der Waals surface area (Å²) in [7, 11) is 0. The number of anilines is 1. The number of rotatable bonds is 3. The fourth-order valence-corrected chi connectivity index (χ4v) is 2.71. The van der Waals surface area contributed by atoms with Crippen LogP contribution in [0.4, 0.5) is 14.7 Å². The molecule has 3 aromatic rings. The first-order valence-corrected chi connectivity index (χ1v) is 7.01. The van der Waals surface area contributed by atoms with Crippen LogP contribution in [0.25, 0.3) is 11.5 Å². The summed E-state index contributed by atoms with van der Waals surface area (Å²) in [5.74, 6) is -0.850. The van der Waals surface area contributed by atoms with E-state index in [0.29, 0.717) is 30.2 Å². The molecule has 4 rings (SSSR count). The molecule has 1 aliphatic carbocycles. The molecule has 0 bridgehead atoms. The quantitative estimate of drug-likeness (QED) is 0.799. The molecule has 23 heavy (non-hydrogen) atoms. The van der Waals surface area contributed by atoms with Gasteiger partial charge in [0.1, 0.15) is 0 Å². The second-order valence-corrected chi connectivity index (χ2v) is 5.32. The molecule has 0 saturated carbocycles. The van der Waals surface area contributed by atoms with E-state index < -0.39 is 11.6 Å². The summed E-state index contributed by atoms with van der Waals surface area (Å²) in [6, 6.07) is 2.51. The molecule has 0 atom stereocenters. The van der Waals surface area contributed by atoms with Crippen molar-refractivity contribution >= 4 is 5.95 Å². The number of aromatic nitrogens is 4. The zero-order valence-corrected chi connectivity index (χ0v) is 11.8. The first-order chi connectivity index (χ1) is 11.2. The normalized spacial score (nSPS) is 14.0. The van der Waals surface area contributed by atoms with Crippen molar-refractivity contribution in [2.24, 2.45) is 0 Å². The molecule has 8 heteroatoms. The van der Waals surface area contributed by atoms with Crippen LogP contribution >= 0.6 is 0 Å². The lowest BCUT2D eigenvalue weighted by Crippen LogP contribution is -2.20.